The van der Waals surface area contributed by atoms with Crippen molar-refractivity contribution in [3.8, 4) is 0 Å². The van der Waals surface area contributed by atoms with Gasteiger partial charge in [-0.1, -0.05) is 0 Å². The number of oxazole rings is 1. The standard InChI is InChI=1S/C14H17N3O2/c1-8-16-12-6-9(2-5-13(12)19-8)14(18)17-11-4-3-10(15)7-11/h2,5-6,10-11H,3-4,7,15H2,1H3,(H,17,18). The number of rotatable bonds is 2. The fourth-order valence-corrected chi connectivity index (χ4v) is 2.60. The van der Waals surface area contributed by atoms with Crippen molar-refractivity contribution in [2.45, 2.75) is 38.3 Å². The lowest BCUT2D eigenvalue weighted by molar-refractivity contribution is 0.0938. The second-order valence-electron chi connectivity index (χ2n) is 5.16. The Labute approximate surface area is 111 Å². The summed E-state index contributed by atoms with van der Waals surface area (Å²) >= 11 is 0. The number of carbonyl (C=O) groups excluding carboxylic acids is 1. The molecule has 5 nitrogen and oxygen atoms in total. The maximum Gasteiger partial charge on any atom is 0.251 e. The van der Waals surface area contributed by atoms with Gasteiger partial charge >= 0.3 is 0 Å². The van der Waals surface area contributed by atoms with E-state index in [2.05, 4.69) is 10.3 Å². The van der Waals surface area contributed by atoms with Gasteiger partial charge in [-0.15, -0.1) is 0 Å². The first-order chi connectivity index (χ1) is 9.11. The number of carbonyl (C=O) groups is 1. The third kappa shape index (κ3) is 2.46. The number of aryl methyl sites for hydroxylation is 1. The zero-order chi connectivity index (χ0) is 13.4. The summed E-state index contributed by atoms with van der Waals surface area (Å²) in [6, 6.07) is 5.71. The molecule has 5 heteroatoms. The highest BCUT2D eigenvalue weighted by Gasteiger charge is 2.23. The number of hydrogen-bond acceptors (Lipinski definition) is 4. The van der Waals surface area contributed by atoms with Gasteiger partial charge < -0.3 is 15.5 Å². The number of fused-ring (bicyclic) bond motifs is 1. The van der Waals surface area contributed by atoms with E-state index in [0.29, 0.717) is 22.6 Å². The maximum absolute atomic E-state index is 12.1. The first-order valence-corrected chi connectivity index (χ1v) is 6.55. The highest BCUT2D eigenvalue weighted by molar-refractivity contribution is 5.97. The van der Waals surface area contributed by atoms with E-state index in [1.54, 1.807) is 25.1 Å². The normalized spacial score (nSPS) is 22.8. The summed E-state index contributed by atoms with van der Waals surface area (Å²) in [4.78, 5) is 16.4. The average molecular weight is 259 g/mol. The minimum absolute atomic E-state index is 0.0679. The lowest BCUT2D eigenvalue weighted by Crippen LogP contribution is -2.34. The van der Waals surface area contributed by atoms with E-state index >= 15 is 0 Å². The van der Waals surface area contributed by atoms with Crippen LogP contribution in [0.4, 0.5) is 0 Å². The van der Waals surface area contributed by atoms with Crippen LogP contribution in [0.3, 0.4) is 0 Å². The Morgan fingerprint density at radius 1 is 1.47 bits per heavy atom. The lowest BCUT2D eigenvalue weighted by Gasteiger charge is -2.12. The molecule has 3 N–H and O–H groups in total. The first-order valence-electron chi connectivity index (χ1n) is 6.55. The predicted octanol–water partition coefficient (Wildman–Crippen LogP) is 1.75. The van der Waals surface area contributed by atoms with E-state index < -0.39 is 0 Å². The first kappa shape index (κ1) is 12.2. The second kappa shape index (κ2) is 4.66. The van der Waals surface area contributed by atoms with Crippen LogP contribution >= 0.6 is 0 Å². The van der Waals surface area contributed by atoms with Crippen molar-refractivity contribution in [2.75, 3.05) is 0 Å². The van der Waals surface area contributed by atoms with Crippen LogP contribution in [0.25, 0.3) is 11.1 Å². The van der Waals surface area contributed by atoms with E-state index in [-0.39, 0.29) is 18.0 Å². The molecule has 0 saturated heterocycles. The number of nitrogens with one attached hydrogen (secondary N) is 1. The summed E-state index contributed by atoms with van der Waals surface area (Å²) in [6.07, 6.45) is 2.79. The van der Waals surface area contributed by atoms with Gasteiger partial charge in [0.2, 0.25) is 0 Å². The average Bonchev–Trinajstić information content (AvgIpc) is 2.93. The van der Waals surface area contributed by atoms with E-state index in [9.17, 15) is 4.79 Å². The largest absolute Gasteiger partial charge is 0.441 e. The number of benzene rings is 1. The van der Waals surface area contributed by atoms with Crippen molar-refractivity contribution in [1.29, 1.82) is 0 Å². The molecule has 0 radical (unpaired) electrons. The molecule has 2 aromatic rings. The highest BCUT2D eigenvalue weighted by Crippen LogP contribution is 2.19. The van der Waals surface area contributed by atoms with Crippen molar-refractivity contribution in [2.24, 2.45) is 5.73 Å². The summed E-state index contributed by atoms with van der Waals surface area (Å²) < 4.78 is 5.39. The predicted molar refractivity (Wildman–Crippen MR) is 71.8 cm³/mol. The number of aromatic nitrogens is 1. The summed E-state index contributed by atoms with van der Waals surface area (Å²) in [5, 5.41) is 3.02. The maximum atomic E-state index is 12.1. The highest BCUT2D eigenvalue weighted by atomic mass is 16.3. The monoisotopic (exact) mass is 259 g/mol. The Kier molecular flexibility index (Phi) is 2.98. The third-order valence-electron chi connectivity index (χ3n) is 3.57. The molecule has 100 valence electrons. The SMILES string of the molecule is Cc1nc2cc(C(=O)NC3CCC(N)C3)ccc2o1. The molecule has 1 aromatic heterocycles. The molecule has 1 aliphatic carbocycles. The van der Waals surface area contributed by atoms with Crippen LogP contribution in [0.15, 0.2) is 22.6 Å². The van der Waals surface area contributed by atoms with Crippen LogP contribution in [-0.4, -0.2) is 23.0 Å². The summed E-state index contributed by atoms with van der Waals surface area (Å²) in [6.45, 7) is 1.79. The molecule has 0 aliphatic heterocycles. The van der Waals surface area contributed by atoms with Crippen molar-refractivity contribution >= 4 is 17.0 Å². The molecule has 1 saturated carbocycles. The molecule has 2 atom stereocenters. The van der Waals surface area contributed by atoms with Crippen LogP contribution in [0.2, 0.25) is 0 Å². The van der Waals surface area contributed by atoms with Crippen molar-refractivity contribution in [3.05, 3.63) is 29.7 Å². The van der Waals surface area contributed by atoms with E-state index in [4.69, 9.17) is 10.2 Å². The number of amides is 1. The van der Waals surface area contributed by atoms with Crippen LogP contribution < -0.4 is 11.1 Å². The van der Waals surface area contributed by atoms with Crippen molar-refractivity contribution in [1.82, 2.24) is 10.3 Å². The summed E-state index contributed by atoms with van der Waals surface area (Å²) in [5.41, 5.74) is 7.88. The smallest absolute Gasteiger partial charge is 0.251 e. The van der Waals surface area contributed by atoms with Gasteiger partial charge in [0.05, 0.1) is 0 Å². The van der Waals surface area contributed by atoms with Gasteiger partial charge in [0.25, 0.3) is 5.91 Å². The third-order valence-corrected chi connectivity index (χ3v) is 3.57. The molecule has 1 heterocycles. The Morgan fingerprint density at radius 2 is 2.32 bits per heavy atom. The quantitative estimate of drug-likeness (QED) is 0.860. The van der Waals surface area contributed by atoms with E-state index in [1.807, 2.05) is 0 Å². The van der Waals surface area contributed by atoms with Crippen LogP contribution in [-0.2, 0) is 0 Å². The van der Waals surface area contributed by atoms with Gasteiger partial charge in [-0.2, -0.15) is 0 Å². The van der Waals surface area contributed by atoms with Crippen LogP contribution in [0.1, 0.15) is 35.5 Å². The van der Waals surface area contributed by atoms with Gasteiger partial charge in [-0.3, -0.25) is 4.79 Å². The number of nitrogens with two attached hydrogens (primary N) is 1. The van der Waals surface area contributed by atoms with Crippen molar-refractivity contribution < 1.29 is 9.21 Å². The minimum Gasteiger partial charge on any atom is -0.441 e. The molecule has 0 bridgehead atoms. The number of hydrogen-bond donors (Lipinski definition) is 2. The Bertz CT molecular complexity index is 620. The Hall–Kier alpha value is -1.88. The second-order valence-corrected chi connectivity index (χ2v) is 5.16. The molecule has 3 rings (SSSR count). The summed E-state index contributed by atoms with van der Waals surface area (Å²) in [7, 11) is 0. The lowest BCUT2D eigenvalue weighted by atomic mass is 10.1. The molecular formula is C14H17N3O2. The molecule has 0 spiro atoms. The number of nitrogens with zero attached hydrogens (tertiary/aromatic N) is 1. The Morgan fingerprint density at radius 3 is 3.05 bits per heavy atom. The van der Waals surface area contributed by atoms with Gasteiger partial charge in [-0.25, -0.2) is 4.98 Å². The minimum atomic E-state index is -0.0679. The molecule has 1 aromatic carbocycles. The van der Waals surface area contributed by atoms with E-state index in [1.165, 1.54) is 0 Å². The van der Waals surface area contributed by atoms with Gasteiger partial charge in [0.15, 0.2) is 11.5 Å². The van der Waals surface area contributed by atoms with Gasteiger partial charge in [0.1, 0.15) is 5.52 Å². The molecule has 1 fully saturated rings. The summed E-state index contributed by atoms with van der Waals surface area (Å²) in [5.74, 6) is 0.538. The zero-order valence-corrected chi connectivity index (χ0v) is 10.8. The molecule has 19 heavy (non-hydrogen) atoms. The molecule has 2 unspecified atom stereocenters. The van der Waals surface area contributed by atoms with Crippen LogP contribution in [0.5, 0.6) is 0 Å². The Balaban J connectivity index is 1.77. The van der Waals surface area contributed by atoms with Crippen molar-refractivity contribution in [3.63, 3.8) is 0 Å². The van der Waals surface area contributed by atoms with Crippen LogP contribution in [0, 0.1) is 6.92 Å². The fraction of sp³-hybridized carbons (Fsp3) is 0.429. The zero-order valence-electron chi connectivity index (χ0n) is 10.8. The van der Waals surface area contributed by atoms with Gasteiger partial charge in [-0.05, 0) is 37.5 Å². The topological polar surface area (TPSA) is 81.2 Å². The van der Waals surface area contributed by atoms with Gasteiger partial charge in [0, 0.05) is 24.6 Å². The fourth-order valence-electron chi connectivity index (χ4n) is 2.60. The molecule has 1 aliphatic rings. The molecular weight excluding hydrogens is 242 g/mol. The van der Waals surface area contributed by atoms with E-state index in [0.717, 1.165) is 19.3 Å². The molecule has 1 amide bonds.